The molecule has 1 aromatic rings. The van der Waals surface area contributed by atoms with E-state index in [0.29, 0.717) is 18.2 Å². The van der Waals surface area contributed by atoms with Crippen LogP contribution in [0.3, 0.4) is 0 Å². The molecule has 0 bridgehead atoms. The van der Waals surface area contributed by atoms with Gasteiger partial charge in [0.25, 0.3) is 0 Å². The van der Waals surface area contributed by atoms with Gasteiger partial charge < -0.3 is 4.98 Å². The molecule has 0 fully saturated rings. The fraction of sp³-hybridized carbons (Fsp3) is 0.500. The molecule has 2 nitrogen and oxygen atoms in total. The highest BCUT2D eigenvalue weighted by atomic mass is 19.4. The predicted molar refractivity (Wildman–Crippen MR) is 50.6 cm³/mol. The lowest BCUT2D eigenvalue weighted by Gasteiger charge is -2.09. The number of aromatic nitrogens is 1. The number of alkyl halides is 3. The monoisotopic (exact) mass is 219 g/mol. The highest BCUT2D eigenvalue weighted by Gasteiger charge is 2.31. The topological polar surface area (TPSA) is 32.9 Å². The maximum Gasteiger partial charge on any atom is 0.416 e. The summed E-state index contributed by atoms with van der Waals surface area (Å²) in [5.74, 6) is 0.198. The molecule has 1 rings (SSSR count). The van der Waals surface area contributed by atoms with Crippen LogP contribution in [0, 0.1) is 5.92 Å². The first-order valence-corrected chi connectivity index (χ1v) is 4.59. The minimum absolute atomic E-state index is 0.198. The molecule has 0 aliphatic carbocycles. The summed E-state index contributed by atoms with van der Waals surface area (Å²) >= 11 is 0. The fourth-order valence-corrected chi connectivity index (χ4v) is 1.31. The van der Waals surface area contributed by atoms with Crippen molar-refractivity contribution in [3.8, 4) is 0 Å². The van der Waals surface area contributed by atoms with Crippen molar-refractivity contribution in [3.63, 3.8) is 0 Å². The first kappa shape index (κ1) is 11.8. The quantitative estimate of drug-likeness (QED) is 0.814. The molecule has 1 aromatic heterocycles. The summed E-state index contributed by atoms with van der Waals surface area (Å²) in [7, 11) is 0. The highest BCUT2D eigenvalue weighted by molar-refractivity contribution is 5.19. The maximum atomic E-state index is 12.3. The lowest BCUT2D eigenvalue weighted by Crippen LogP contribution is -2.16. The van der Waals surface area contributed by atoms with E-state index in [4.69, 9.17) is 0 Å². The number of hydrogen-bond donors (Lipinski definition) is 1. The highest BCUT2D eigenvalue weighted by Crippen LogP contribution is 2.28. The molecule has 5 heteroatoms. The van der Waals surface area contributed by atoms with Crippen LogP contribution < -0.4 is 5.56 Å². The van der Waals surface area contributed by atoms with E-state index >= 15 is 0 Å². The molecule has 0 spiro atoms. The summed E-state index contributed by atoms with van der Waals surface area (Å²) < 4.78 is 37.0. The Morgan fingerprint density at radius 2 is 1.93 bits per heavy atom. The summed E-state index contributed by atoms with van der Waals surface area (Å²) in [6.07, 6.45) is -4.03. The summed E-state index contributed by atoms with van der Waals surface area (Å²) in [4.78, 5) is 13.4. The van der Waals surface area contributed by atoms with Crippen LogP contribution in [0.25, 0.3) is 0 Å². The number of H-pyrrole nitrogens is 1. The van der Waals surface area contributed by atoms with Crippen molar-refractivity contribution in [1.29, 1.82) is 0 Å². The van der Waals surface area contributed by atoms with Crippen LogP contribution in [0.1, 0.15) is 25.1 Å². The standard InChI is InChI=1S/C10H12F3NO/c1-6(2)3-8-4-7(10(11,12)13)5-9(15)14-8/h4-6H,3H2,1-2H3,(H,14,15). The Morgan fingerprint density at radius 1 is 1.33 bits per heavy atom. The fourth-order valence-electron chi connectivity index (χ4n) is 1.31. The van der Waals surface area contributed by atoms with Crippen LogP contribution in [0.15, 0.2) is 16.9 Å². The largest absolute Gasteiger partial charge is 0.416 e. The lowest BCUT2D eigenvalue weighted by atomic mass is 10.1. The third-order valence-electron chi connectivity index (χ3n) is 1.86. The molecule has 1 N–H and O–H groups in total. The Kier molecular flexibility index (Phi) is 3.21. The second-order valence-electron chi connectivity index (χ2n) is 3.85. The second-order valence-corrected chi connectivity index (χ2v) is 3.85. The van der Waals surface area contributed by atoms with Crippen molar-refractivity contribution in [1.82, 2.24) is 4.98 Å². The van der Waals surface area contributed by atoms with Crippen LogP contribution in [-0.2, 0) is 12.6 Å². The van der Waals surface area contributed by atoms with E-state index in [2.05, 4.69) is 4.98 Å². The van der Waals surface area contributed by atoms with Crippen molar-refractivity contribution in [2.75, 3.05) is 0 Å². The minimum atomic E-state index is -4.46. The van der Waals surface area contributed by atoms with Gasteiger partial charge in [-0.2, -0.15) is 13.2 Å². The molecule has 0 saturated heterocycles. The van der Waals surface area contributed by atoms with E-state index in [1.54, 1.807) is 0 Å². The number of halogens is 3. The molecule has 0 aromatic carbocycles. The Labute approximate surface area is 85.1 Å². The van der Waals surface area contributed by atoms with Crippen molar-refractivity contribution in [2.24, 2.45) is 5.92 Å². The Bertz CT molecular complexity index is 392. The van der Waals surface area contributed by atoms with Gasteiger partial charge in [0, 0.05) is 11.8 Å². The first-order valence-electron chi connectivity index (χ1n) is 4.59. The number of nitrogens with one attached hydrogen (secondary N) is 1. The van der Waals surface area contributed by atoms with Gasteiger partial charge in [-0.15, -0.1) is 0 Å². The summed E-state index contributed by atoms with van der Waals surface area (Å²) in [6, 6.07) is 1.56. The van der Waals surface area contributed by atoms with E-state index in [-0.39, 0.29) is 5.92 Å². The number of aromatic amines is 1. The summed E-state index contributed by atoms with van der Waals surface area (Å²) in [6.45, 7) is 3.75. The Hall–Kier alpha value is -1.26. The molecule has 0 unspecified atom stereocenters. The zero-order valence-electron chi connectivity index (χ0n) is 8.48. The van der Waals surface area contributed by atoms with E-state index in [0.717, 1.165) is 6.07 Å². The molecule has 0 aliphatic heterocycles. The van der Waals surface area contributed by atoms with Crippen molar-refractivity contribution >= 4 is 0 Å². The van der Waals surface area contributed by atoms with Gasteiger partial charge in [0.15, 0.2) is 0 Å². The van der Waals surface area contributed by atoms with Gasteiger partial charge >= 0.3 is 6.18 Å². The van der Waals surface area contributed by atoms with E-state index < -0.39 is 17.3 Å². The average molecular weight is 219 g/mol. The molecular weight excluding hydrogens is 207 g/mol. The van der Waals surface area contributed by atoms with Crippen LogP contribution in [0.4, 0.5) is 13.2 Å². The van der Waals surface area contributed by atoms with Gasteiger partial charge in [0.2, 0.25) is 5.56 Å². The normalized spacial score (nSPS) is 12.1. The molecule has 1 heterocycles. The first-order chi connectivity index (χ1) is 6.79. The lowest BCUT2D eigenvalue weighted by molar-refractivity contribution is -0.137. The molecule has 0 aliphatic rings. The van der Waals surface area contributed by atoms with E-state index in [1.165, 1.54) is 0 Å². The average Bonchev–Trinajstić information content (AvgIpc) is 1.99. The van der Waals surface area contributed by atoms with Gasteiger partial charge in [0.05, 0.1) is 5.56 Å². The van der Waals surface area contributed by atoms with Gasteiger partial charge in [-0.1, -0.05) is 13.8 Å². The second kappa shape index (κ2) is 4.08. The van der Waals surface area contributed by atoms with Gasteiger partial charge in [-0.25, -0.2) is 0 Å². The summed E-state index contributed by atoms with van der Waals surface area (Å²) in [5.41, 5.74) is -1.27. The molecule has 15 heavy (non-hydrogen) atoms. The number of rotatable bonds is 2. The molecule has 0 radical (unpaired) electrons. The van der Waals surface area contributed by atoms with E-state index in [1.807, 2.05) is 13.8 Å². The third kappa shape index (κ3) is 3.42. The molecule has 0 amide bonds. The molecule has 0 saturated carbocycles. The zero-order valence-corrected chi connectivity index (χ0v) is 8.48. The van der Waals surface area contributed by atoms with Crippen molar-refractivity contribution in [3.05, 3.63) is 33.7 Å². The SMILES string of the molecule is CC(C)Cc1cc(C(F)(F)F)cc(=O)[nH]1. The zero-order chi connectivity index (χ0) is 11.6. The predicted octanol–water partition coefficient (Wildman–Crippen LogP) is 2.59. The number of pyridine rings is 1. The Balaban J connectivity index is 3.11. The van der Waals surface area contributed by atoms with Crippen molar-refractivity contribution < 1.29 is 13.2 Å². The van der Waals surface area contributed by atoms with E-state index in [9.17, 15) is 18.0 Å². The molecule has 0 atom stereocenters. The summed E-state index contributed by atoms with van der Waals surface area (Å²) in [5, 5.41) is 0. The van der Waals surface area contributed by atoms with Crippen LogP contribution in [-0.4, -0.2) is 4.98 Å². The molecule has 84 valence electrons. The number of hydrogen-bond acceptors (Lipinski definition) is 1. The third-order valence-corrected chi connectivity index (χ3v) is 1.86. The van der Waals surface area contributed by atoms with Crippen molar-refractivity contribution in [2.45, 2.75) is 26.4 Å². The smallest absolute Gasteiger partial charge is 0.326 e. The maximum absolute atomic E-state index is 12.3. The van der Waals surface area contributed by atoms with Gasteiger partial charge in [-0.05, 0) is 18.4 Å². The van der Waals surface area contributed by atoms with Gasteiger partial charge in [-0.3, -0.25) is 4.79 Å². The van der Waals surface area contributed by atoms with Gasteiger partial charge in [0.1, 0.15) is 0 Å². The van der Waals surface area contributed by atoms with Crippen LogP contribution >= 0.6 is 0 Å². The van der Waals surface area contributed by atoms with Crippen LogP contribution in [0.2, 0.25) is 0 Å². The minimum Gasteiger partial charge on any atom is -0.326 e. The Morgan fingerprint density at radius 3 is 2.40 bits per heavy atom. The molecular formula is C10H12F3NO. The van der Waals surface area contributed by atoms with Crippen LogP contribution in [0.5, 0.6) is 0 Å².